The van der Waals surface area contributed by atoms with E-state index >= 15 is 0 Å². The monoisotopic (exact) mass is 291 g/mol. The van der Waals surface area contributed by atoms with Gasteiger partial charge >= 0.3 is 5.97 Å². The van der Waals surface area contributed by atoms with Crippen LogP contribution in [0.25, 0.3) is 0 Å². The first kappa shape index (κ1) is 16.9. The highest BCUT2D eigenvalue weighted by Gasteiger charge is 2.35. The molecule has 0 heterocycles. The normalized spacial score (nSPS) is 13.2. The first-order chi connectivity index (χ1) is 9.76. The van der Waals surface area contributed by atoms with Crippen LogP contribution < -0.4 is 5.32 Å². The minimum Gasteiger partial charge on any atom is -0.468 e. The Labute approximate surface area is 124 Å². The molecule has 5 heteroatoms. The van der Waals surface area contributed by atoms with Crippen LogP contribution in [0.2, 0.25) is 0 Å². The van der Waals surface area contributed by atoms with Gasteiger partial charge in [0.05, 0.1) is 13.2 Å². The van der Waals surface area contributed by atoms with E-state index in [1.807, 2.05) is 32.0 Å². The molecule has 0 fully saturated rings. The quantitative estimate of drug-likeness (QED) is 0.664. The van der Waals surface area contributed by atoms with Gasteiger partial charge in [-0.2, -0.15) is 0 Å². The number of carbonyl (C=O) groups excluding carboxylic acids is 3. The maximum absolute atomic E-state index is 11.9. The highest BCUT2D eigenvalue weighted by atomic mass is 16.5. The third-order valence-corrected chi connectivity index (χ3v) is 3.19. The number of carbonyl (C=O) groups is 3. The molecule has 0 aliphatic rings. The molecule has 0 saturated heterocycles. The Morgan fingerprint density at radius 1 is 1.05 bits per heavy atom. The Balaban J connectivity index is 3.35. The molecular formula is C16H21NO4. The lowest BCUT2D eigenvalue weighted by Crippen LogP contribution is -2.39. The molecule has 0 aromatic heterocycles. The van der Waals surface area contributed by atoms with Crippen molar-refractivity contribution in [2.24, 2.45) is 5.92 Å². The topological polar surface area (TPSA) is 72.5 Å². The van der Waals surface area contributed by atoms with Crippen LogP contribution in [0.3, 0.4) is 0 Å². The summed E-state index contributed by atoms with van der Waals surface area (Å²) in [6, 6.07) is 4.96. The number of rotatable bonds is 5. The molecule has 0 saturated carbocycles. The summed E-state index contributed by atoms with van der Waals surface area (Å²) < 4.78 is 4.71. The fourth-order valence-corrected chi connectivity index (χ4v) is 2.43. The van der Waals surface area contributed by atoms with Crippen LogP contribution in [0.4, 0.5) is 0 Å². The van der Waals surface area contributed by atoms with Gasteiger partial charge in [0.25, 0.3) is 0 Å². The van der Waals surface area contributed by atoms with Gasteiger partial charge in [0.15, 0.2) is 0 Å². The summed E-state index contributed by atoms with van der Waals surface area (Å²) >= 11 is 0. The van der Waals surface area contributed by atoms with Crippen LogP contribution in [0.5, 0.6) is 0 Å². The van der Waals surface area contributed by atoms with Gasteiger partial charge in [-0.1, -0.05) is 29.3 Å². The molecule has 1 aromatic rings. The molecule has 0 aliphatic heterocycles. The van der Waals surface area contributed by atoms with Gasteiger partial charge in [-0.25, -0.2) is 0 Å². The number of Topliss-reactive ketones (excluding diaryl/α,β-unsaturated/α-hetero) is 1. The van der Waals surface area contributed by atoms with Gasteiger partial charge in [0.1, 0.15) is 11.7 Å². The highest BCUT2D eigenvalue weighted by Crippen LogP contribution is 2.26. The van der Waals surface area contributed by atoms with Gasteiger partial charge in [0.2, 0.25) is 5.91 Å². The van der Waals surface area contributed by atoms with E-state index in [-0.39, 0.29) is 11.7 Å². The van der Waals surface area contributed by atoms with Crippen molar-refractivity contribution in [3.8, 4) is 0 Å². The molecule has 0 spiro atoms. The number of hydrogen-bond acceptors (Lipinski definition) is 4. The largest absolute Gasteiger partial charge is 0.468 e. The molecule has 5 nitrogen and oxygen atoms in total. The van der Waals surface area contributed by atoms with Gasteiger partial charge in [-0.3, -0.25) is 14.4 Å². The zero-order valence-electron chi connectivity index (χ0n) is 13.0. The number of esters is 1. The Kier molecular flexibility index (Phi) is 5.64. The third-order valence-electron chi connectivity index (χ3n) is 3.19. The smallest absolute Gasteiger partial charge is 0.318 e. The number of amides is 1. The summed E-state index contributed by atoms with van der Waals surface area (Å²) in [6.07, 6.45) is 0. The lowest BCUT2D eigenvalue weighted by atomic mass is 9.88. The fraction of sp³-hybridized carbons (Fsp3) is 0.438. The van der Waals surface area contributed by atoms with Crippen LogP contribution in [0.1, 0.15) is 36.6 Å². The Morgan fingerprint density at radius 2 is 1.57 bits per heavy atom. The maximum atomic E-state index is 11.9. The van der Waals surface area contributed by atoms with E-state index in [1.165, 1.54) is 21.0 Å². The molecule has 114 valence electrons. The number of ether oxygens (including phenoxy) is 1. The SMILES string of the molecule is COC(=O)[C@@H](C(C)=O)[C@@H](NC(C)=O)c1cc(C)cc(C)c1. The molecule has 0 unspecified atom stereocenters. The Morgan fingerprint density at radius 3 is 1.95 bits per heavy atom. The summed E-state index contributed by atoms with van der Waals surface area (Å²) in [4.78, 5) is 35.2. The minimum atomic E-state index is -1.06. The number of ketones is 1. The average Bonchev–Trinajstić information content (AvgIpc) is 2.35. The first-order valence-corrected chi connectivity index (χ1v) is 6.69. The van der Waals surface area contributed by atoms with Gasteiger partial charge in [0, 0.05) is 6.92 Å². The van der Waals surface area contributed by atoms with Crippen LogP contribution in [-0.4, -0.2) is 24.8 Å². The summed E-state index contributed by atoms with van der Waals surface area (Å²) in [5.74, 6) is -2.37. The number of hydrogen-bond donors (Lipinski definition) is 1. The third kappa shape index (κ3) is 4.41. The molecule has 21 heavy (non-hydrogen) atoms. The van der Waals surface area contributed by atoms with Crippen LogP contribution in [0.15, 0.2) is 18.2 Å². The van der Waals surface area contributed by atoms with E-state index in [1.54, 1.807) is 0 Å². The van der Waals surface area contributed by atoms with Crippen molar-refractivity contribution in [2.75, 3.05) is 7.11 Å². The van der Waals surface area contributed by atoms with Gasteiger partial charge in [-0.15, -0.1) is 0 Å². The van der Waals surface area contributed by atoms with Crippen molar-refractivity contribution in [3.05, 3.63) is 34.9 Å². The number of methoxy groups -OCH3 is 1. The lowest BCUT2D eigenvalue weighted by Gasteiger charge is -2.25. The number of aryl methyl sites for hydroxylation is 2. The number of benzene rings is 1. The van der Waals surface area contributed by atoms with Crippen molar-refractivity contribution < 1.29 is 19.1 Å². The van der Waals surface area contributed by atoms with E-state index < -0.39 is 17.9 Å². The van der Waals surface area contributed by atoms with Crippen molar-refractivity contribution in [1.82, 2.24) is 5.32 Å². The second kappa shape index (κ2) is 7.02. The molecule has 2 atom stereocenters. The van der Waals surface area contributed by atoms with Crippen LogP contribution >= 0.6 is 0 Å². The van der Waals surface area contributed by atoms with Crippen molar-refractivity contribution >= 4 is 17.7 Å². The summed E-state index contributed by atoms with van der Waals surface area (Å²) in [7, 11) is 1.23. The molecule has 0 bridgehead atoms. The second-order valence-corrected chi connectivity index (χ2v) is 5.21. The summed E-state index contributed by atoms with van der Waals surface area (Å²) in [5, 5.41) is 2.69. The van der Waals surface area contributed by atoms with E-state index in [0.717, 1.165) is 11.1 Å². The second-order valence-electron chi connectivity index (χ2n) is 5.21. The van der Waals surface area contributed by atoms with Crippen molar-refractivity contribution in [3.63, 3.8) is 0 Å². The zero-order chi connectivity index (χ0) is 16.2. The average molecular weight is 291 g/mol. The van der Waals surface area contributed by atoms with Crippen LogP contribution in [0, 0.1) is 19.8 Å². The maximum Gasteiger partial charge on any atom is 0.318 e. The Bertz CT molecular complexity index is 545. The molecule has 1 amide bonds. The zero-order valence-corrected chi connectivity index (χ0v) is 13.0. The van der Waals surface area contributed by atoms with E-state index in [9.17, 15) is 14.4 Å². The fourth-order valence-electron chi connectivity index (χ4n) is 2.43. The molecular weight excluding hydrogens is 270 g/mol. The number of nitrogens with one attached hydrogen (secondary N) is 1. The van der Waals surface area contributed by atoms with E-state index in [4.69, 9.17) is 4.74 Å². The van der Waals surface area contributed by atoms with Crippen molar-refractivity contribution in [2.45, 2.75) is 33.7 Å². The molecule has 0 radical (unpaired) electrons. The standard InChI is InChI=1S/C16H21NO4/c1-9-6-10(2)8-13(7-9)15(17-12(4)19)14(11(3)18)16(20)21-5/h6-8,14-15H,1-5H3,(H,17,19)/t14-,15-/m0/s1. The summed E-state index contributed by atoms with van der Waals surface area (Å²) in [5.41, 5.74) is 2.70. The highest BCUT2D eigenvalue weighted by molar-refractivity contribution is 5.99. The summed E-state index contributed by atoms with van der Waals surface area (Å²) in [6.45, 7) is 6.51. The van der Waals surface area contributed by atoms with Crippen LogP contribution in [-0.2, 0) is 19.1 Å². The molecule has 1 N–H and O–H groups in total. The van der Waals surface area contributed by atoms with Crippen molar-refractivity contribution in [1.29, 1.82) is 0 Å². The minimum absolute atomic E-state index is 0.311. The van der Waals surface area contributed by atoms with E-state index in [0.29, 0.717) is 5.56 Å². The predicted molar refractivity (Wildman–Crippen MR) is 78.7 cm³/mol. The van der Waals surface area contributed by atoms with E-state index in [2.05, 4.69) is 5.32 Å². The van der Waals surface area contributed by atoms with Gasteiger partial charge < -0.3 is 10.1 Å². The predicted octanol–water partition coefficient (Wildman–Crippen LogP) is 1.86. The first-order valence-electron chi connectivity index (χ1n) is 6.69. The van der Waals surface area contributed by atoms with Gasteiger partial charge in [-0.05, 0) is 26.3 Å². The molecule has 0 aliphatic carbocycles. The lowest BCUT2D eigenvalue weighted by molar-refractivity contribution is -0.150. The Hall–Kier alpha value is -2.17. The molecule has 1 rings (SSSR count). The molecule has 1 aromatic carbocycles.